The van der Waals surface area contributed by atoms with E-state index in [1.165, 1.54) is 0 Å². The maximum absolute atomic E-state index is 11.8. The minimum Gasteiger partial charge on any atom is -0.497 e. The van der Waals surface area contributed by atoms with Crippen molar-refractivity contribution < 1.29 is 14.3 Å². The molecule has 98 valence electrons. The molecule has 0 saturated heterocycles. The van der Waals surface area contributed by atoms with Crippen LogP contribution in [0.1, 0.15) is 24.8 Å². The highest BCUT2D eigenvalue weighted by Crippen LogP contribution is 2.25. The first kappa shape index (κ1) is 12.9. The lowest BCUT2D eigenvalue weighted by atomic mass is 10.1. The Hall–Kier alpha value is -1.55. The molecule has 1 aromatic carbocycles. The normalized spacial score (nSPS) is 22.8. The van der Waals surface area contributed by atoms with Crippen molar-refractivity contribution in [3.8, 4) is 5.75 Å². The summed E-state index contributed by atoms with van der Waals surface area (Å²) in [6, 6.07) is 7.66. The van der Waals surface area contributed by atoms with Gasteiger partial charge in [-0.05, 0) is 37.0 Å². The molecule has 2 N–H and O–H groups in total. The highest BCUT2D eigenvalue weighted by atomic mass is 16.5. The van der Waals surface area contributed by atoms with E-state index in [-0.39, 0.29) is 17.9 Å². The van der Waals surface area contributed by atoms with Gasteiger partial charge in [-0.25, -0.2) is 0 Å². The molecule has 2 atom stereocenters. The number of ether oxygens (including phenoxy) is 2. The van der Waals surface area contributed by atoms with Crippen LogP contribution < -0.4 is 10.5 Å². The second kappa shape index (κ2) is 5.87. The van der Waals surface area contributed by atoms with Gasteiger partial charge in [-0.15, -0.1) is 0 Å². The Morgan fingerprint density at radius 2 is 2.06 bits per heavy atom. The highest BCUT2D eigenvalue weighted by molar-refractivity contribution is 5.72. The van der Waals surface area contributed by atoms with Crippen LogP contribution in [-0.4, -0.2) is 19.1 Å². The van der Waals surface area contributed by atoms with E-state index in [0.717, 1.165) is 30.6 Å². The van der Waals surface area contributed by atoms with E-state index in [2.05, 4.69) is 0 Å². The molecule has 1 saturated carbocycles. The summed E-state index contributed by atoms with van der Waals surface area (Å²) in [5, 5.41) is 0. The predicted molar refractivity (Wildman–Crippen MR) is 68.1 cm³/mol. The molecule has 0 aromatic heterocycles. The number of methoxy groups -OCH3 is 1. The van der Waals surface area contributed by atoms with Gasteiger partial charge in [0.05, 0.1) is 13.0 Å². The van der Waals surface area contributed by atoms with E-state index in [1.54, 1.807) is 7.11 Å². The number of nitrogens with two attached hydrogens (primary N) is 1. The topological polar surface area (TPSA) is 61.5 Å². The molecule has 4 heteroatoms. The highest BCUT2D eigenvalue weighted by Gasteiger charge is 2.28. The van der Waals surface area contributed by atoms with Crippen LogP contribution in [0.4, 0.5) is 0 Å². The molecule has 18 heavy (non-hydrogen) atoms. The SMILES string of the molecule is COc1ccc(COC(=O)[C@@H]2CC[C@H](N)C2)cc1. The average Bonchev–Trinajstić information content (AvgIpc) is 2.83. The van der Waals surface area contributed by atoms with Crippen molar-refractivity contribution >= 4 is 5.97 Å². The summed E-state index contributed by atoms with van der Waals surface area (Å²) in [6.45, 7) is 0.314. The van der Waals surface area contributed by atoms with Crippen LogP contribution in [0.3, 0.4) is 0 Å². The van der Waals surface area contributed by atoms with Gasteiger partial charge in [-0.1, -0.05) is 12.1 Å². The summed E-state index contributed by atoms with van der Waals surface area (Å²) in [5.41, 5.74) is 6.74. The van der Waals surface area contributed by atoms with Gasteiger partial charge in [0.1, 0.15) is 12.4 Å². The molecule has 1 fully saturated rings. The molecule has 1 aliphatic carbocycles. The van der Waals surface area contributed by atoms with Crippen molar-refractivity contribution in [2.24, 2.45) is 11.7 Å². The molecule has 0 unspecified atom stereocenters. The van der Waals surface area contributed by atoms with Gasteiger partial charge < -0.3 is 15.2 Å². The quantitative estimate of drug-likeness (QED) is 0.827. The van der Waals surface area contributed by atoms with Crippen LogP contribution in [0, 0.1) is 5.92 Å². The summed E-state index contributed by atoms with van der Waals surface area (Å²) in [7, 11) is 1.62. The van der Waals surface area contributed by atoms with E-state index in [9.17, 15) is 4.79 Å². The number of benzene rings is 1. The first-order valence-corrected chi connectivity index (χ1v) is 6.24. The number of rotatable bonds is 4. The third-order valence-electron chi connectivity index (χ3n) is 3.35. The lowest BCUT2D eigenvalue weighted by molar-refractivity contribution is -0.149. The second-order valence-electron chi connectivity index (χ2n) is 4.73. The van der Waals surface area contributed by atoms with Crippen molar-refractivity contribution in [1.82, 2.24) is 0 Å². The molecule has 0 heterocycles. The van der Waals surface area contributed by atoms with Crippen molar-refractivity contribution in [2.45, 2.75) is 31.9 Å². The van der Waals surface area contributed by atoms with Gasteiger partial charge in [0.2, 0.25) is 0 Å². The molecule has 1 aliphatic rings. The lowest BCUT2D eigenvalue weighted by Gasteiger charge is -2.10. The van der Waals surface area contributed by atoms with E-state index in [0.29, 0.717) is 6.61 Å². The Bertz CT molecular complexity index is 402. The fourth-order valence-corrected chi connectivity index (χ4v) is 2.22. The lowest BCUT2D eigenvalue weighted by Crippen LogP contribution is -2.19. The summed E-state index contributed by atoms with van der Waals surface area (Å²) in [4.78, 5) is 11.8. The summed E-state index contributed by atoms with van der Waals surface area (Å²) >= 11 is 0. The largest absolute Gasteiger partial charge is 0.497 e. The van der Waals surface area contributed by atoms with Gasteiger partial charge in [0.15, 0.2) is 0 Å². The average molecular weight is 249 g/mol. The molecule has 1 aromatic rings. The van der Waals surface area contributed by atoms with Crippen molar-refractivity contribution in [3.05, 3.63) is 29.8 Å². The number of hydrogen-bond acceptors (Lipinski definition) is 4. The smallest absolute Gasteiger partial charge is 0.309 e. The Morgan fingerprint density at radius 1 is 1.33 bits per heavy atom. The molecule has 4 nitrogen and oxygen atoms in total. The zero-order chi connectivity index (χ0) is 13.0. The van der Waals surface area contributed by atoms with Crippen molar-refractivity contribution in [1.29, 1.82) is 0 Å². The van der Waals surface area contributed by atoms with Crippen LogP contribution in [0.2, 0.25) is 0 Å². The van der Waals surface area contributed by atoms with Crippen LogP contribution in [0.5, 0.6) is 5.75 Å². The molecule has 0 amide bonds. The molecule has 0 radical (unpaired) electrons. The zero-order valence-electron chi connectivity index (χ0n) is 10.6. The van der Waals surface area contributed by atoms with Crippen LogP contribution in [-0.2, 0) is 16.1 Å². The maximum atomic E-state index is 11.8. The Balaban J connectivity index is 1.81. The van der Waals surface area contributed by atoms with Gasteiger partial charge in [-0.3, -0.25) is 4.79 Å². The zero-order valence-corrected chi connectivity index (χ0v) is 10.6. The molecule has 0 spiro atoms. The van der Waals surface area contributed by atoms with Crippen LogP contribution >= 0.6 is 0 Å². The monoisotopic (exact) mass is 249 g/mol. The van der Waals surface area contributed by atoms with Gasteiger partial charge in [0, 0.05) is 6.04 Å². The molecule has 2 rings (SSSR count). The van der Waals surface area contributed by atoms with Crippen molar-refractivity contribution in [3.63, 3.8) is 0 Å². The standard InChI is InChI=1S/C14H19NO3/c1-17-13-6-2-10(3-7-13)9-18-14(16)11-4-5-12(15)8-11/h2-3,6-7,11-12H,4-5,8-9,15H2,1H3/t11-,12+/m1/s1. The molecule has 0 bridgehead atoms. The van der Waals surface area contributed by atoms with E-state index in [4.69, 9.17) is 15.2 Å². The van der Waals surface area contributed by atoms with E-state index in [1.807, 2.05) is 24.3 Å². The number of carbonyl (C=O) groups excluding carboxylic acids is 1. The minimum atomic E-state index is -0.126. The van der Waals surface area contributed by atoms with Gasteiger partial charge >= 0.3 is 5.97 Å². The van der Waals surface area contributed by atoms with Gasteiger partial charge in [0.25, 0.3) is 0 Å². The van der Waals surface area contributed by atoms with Crippen LogP contribution in [0.25, 0.3) is 0 Å². The van der Waals surface area contributed by atoms with E-state index < -0.39 is 0 Å². The summed E-state index contributed by atoms with van der Waals surface area (Å²) in [6.07, 6.45) is 2.52. The Labute approximate surface area is 107 Å². The van der Waals surface area contributed by atoms with E-state index >= 15 is 0 Å². The number of hydrogen-bond donors (Lipinski definition) is 1. The first-order chi connectivity index (χ1) is 8.69. The fraction of sp³-hybridized carbons (Fsp3) is 0.500. The molecular weight excluding hydrogens is 230 g/mol. The fourth-order valence-electron chi connectivity index (χ4n) is 2.22. The summed E-state index contributed by atoms with van der Waals surface area (Å²) < 4.78 is 10.4. The second-order valence-corrected chi connectivity index (χ2v) is 4.73. The van der Waals surface area contributed by atoms with Gasteiger partial charge in [-0.2, -0.15) is 0 Å². The Morgan fingerprint density at radius 3 is 2.61 bits per heavy atom. The molecular formula is C14H19NO3. The first-order valence-electron chi connectivity index (χ1n) is 6.24. The third kappa shape index (κ3) is 3.23. The predicted octanol–water partition coefficient (Wildman–Crippen LogP) is 1.87. The molecule has 0 aliphatic heterocycles. The summed E-state index contributed by atoms with van der Waals surface area (Å²) in [5.74, 6) is 0.656. The Kier molecular flexibility index (Phi) is 4.20. The van der Waals surface area contributed by atoms with Crippen LogP contribution in [0.15, 0.2) is 24.3 Å². The minimum absolute atomic E-state index is 0.0155. The third-order valence-corrected chi connectivity index (χ3v) is 3.35. The number of carbonyl (C=O) groups is 1. The maximum Gasteiger partial charge on any atom is 0.309 e. The number of esters is 1. The van der Waals surface area contributed by atoms with Crippen molar-refractivity contribution in [2.75, 3.05) is 7.11 Å².